The Balaban J connectivity index is 0.00000200. The summed E-state index contributed by atoms with van der Waals surface area (Å²) in [5.41, 5.74) is 7.53. The number of nitrogens with two attached hydrogens (primary N) is 1. The minimum absolute atomic E-state index is 0. The van der Waals surface area contributed by atoms with Crippen molar-refractivity contribution in [3.8, 4) is 11.5 Å². The second-order valence-corrected chi connectivity index (χ2v) is 3.90. The zero-order valence-corrected chi connectivity index (χ0v) is 12.2. The second-order valence-electron chi connectivity index (χ2n) is 3.90. The van der Waals surface area contributed by atoms with Crippen LogP contribution in [0.15, 0.2) is 53.5 Å². The maximum absolute atomic E-state index is 6.02. The van der Waals surface area contributed by atoms with Crippen LogP contribution in [-0.4, -0.2) is 20.1 Å². The van der Waals surface area contributed by atoms with Gasteiger partial charge in [-0.15, -0.1) is 12.4 Å². The van der Waals surface area contributed by atoms with Gasteiger partial charge in [-0.1, -0.05) is 18.2 Å². The van der Waals surface area contributed by atoms with Crippen LogP contribution in [0.1, 0.15) is 5.56 Å². The smallest absolute Gasteiger partial charge is 0.135 e. The van der Waals surface area contributed by atoms with Gasteiger partial charge in [0.2, 0.25) is 0 Å². The summed E-state index contributed by atoms with van der Waals surface area (Å²) in [5.74, 6) is 1.85. The molecule has 0 fully saturated rings. The number of hydrogen-bond acceptors (Lipinski definition) is 3. The molecule has 0 radical (unpaired) electrons. The lowest BCUT2D eigenvalue weighted by Crippen LogP contribution is -2.13. The minimum Gasteiger partial charge on any atom is -0.497 e. The Hall–Kier alpha value is -2.20. The Labute approximate surface area is 124 Å². The Morgan fingerprint density at radius 1 is 1.00 bits per heavy atom. The highest BCUT2D eigenvalue weighted by Crippen LogP contribution is 2.22. The van der Waals surface area contributed by atoms with Gasteiger partial charge in [-0.3, -0.25) is 0 Å². The molecule has 0 aliphatic rings. The van der Waals surface area contributed by atoms with E-state index in [1.807, 2.05) is 48.5 Å². The van der Waals surface area contributed by atoms with Crippen molar-refractivity contribution in [3.63, 3.8) is 0 Å². The van der Waals surface area contributed by atoms with Crippen LogP contribution >= 0.6 is 12.4 Å². The molecular formula is C15H17ClN2O2. The first-order valence-electron chi connectivity index (χ1n) is 5.86. The number of aliphatic imine (C=N–C) groups is 1. The van der Waals surface area contributed by atoms with E-state index in [1.54, 1.807) is 14.2 Å². The van der Waals surface area contributed by atoms with Crippen LogP contribution < -0.4 is 15.2 Å². The van der Waals surface area contributed by atoms with Crippen LogP contribution in [0.2, 0.25) is 0 Å². The third-order valence-corrected chi connectivity index (χ3v) is 2.69. The van der Waals surface area contributed by atoms with Crippen molar-refractivity contribution in [1.82, 2.24) is 0 Å². The summed E-state index contributed by atoms with van der Waals surface area (Å²) in [5, 5.41) is 0. The van der Waals surface area contributed by atoms with Gasteiger partial charge < -0.3 is 15.2 Å². The molecule has 4 nitrogen and oxygen atoms in total. The topological polar surface area (TPSA) is 56.8 Å². The van der Waals surface area contributed by atoms with Crippen molar-refractivity contribution in [3.05, 3.63) is 54.1 Å². The number of para-hydroxylation sites is 1. The van der Waals surface area contributed by atoms with E-state index in [0.29, 0.717) is 11.6 Å². The number of benzene rings is 2. The van der Waals surface area contributed by atoms with Gasteiger partial charge in [0.25, 0.3) is 0 Å². The molecule has 0 heterocycles. The van der Waals surface area contributed by atoms with Crippen LogP contribution in [0.3, 0.4) is 0 Å². The van der Waals surface area contributed by atoms with Crippen molar-refractivity contribution in [2.24, 2.45) is 10.7 Å². The highest BCUT2D eigenvalue weighted by Gasteiger charge is 2.06. The molecule has 2 N–H and O–H groups in total. The monoisotopic (exact) mass is 292 g/mol. The molecule has 2 aromatic rings. The maximum atomic E-state index is 6.02. The first-order chi connectivity index (χ1) is 9.24. The zero-order chi connectivity index (χ0) is 13.7. The summed E-state index contributed by atoms with van der Waals surface area (Å²) in [4.78, 5) is 4.38. The fourth-order valence-corrected chi connectivity index (χ4v) is 1.74. The molecule has 2 aromatic carbocycles. The molecule has 0 aliphatic carbocycles. The predicted octanol–water partition coefficient (Wildman–Crippen LogP) is 3.16. The highest BCUT2D eigenvalue weighted by atomic mass is 35.5. The molecule has 0 saturated carbocycles. The standard InChI is InChI=1S/C15H16N2O2.ClH/c1-18-12-7-5-6-11(10-12)17-15(16)13-8-3-4-9-14(13)19-2;/h3-10H,1-2H3,(H2,16,17);1H. The molecule has 106 valence electrons. The molecule has 20 heavy (non-hydrogen) atoms. The molecular weight excluding hydrogens is 276 g/mol. The van der Waals surface area contributed by atoms with E-state index in [2.05, 4.69) is 4.99 Å². The Kier molecular flexibility index (Phi) is 5.87. The molecule has 0 spiro atoms. The lowest BCUT2D eigenvalue weighted by atomic mass is 10.2. The van der Waals surface area contributed by atoms with E-state index < -0.39 is 0 Å². The SMILES string of the molecule is COc1cccc(N=C(N)c2ccccc2OC)c1.Cl. The fourth-order valence-electron chi connectivity index (χ4n) is 1.74. The second kappa shape index (κ2) is 7.40. The van der Waals surface area contributed by atoms with Crippen molar-refractivity contribution in [2.75, 3.05) is 14.2 Å². The molecule has 0 amide bonds. The Bertz CT molecular complexity index is 600. The maximum Gasteiger partial charge on any atom is 0.135 e. The van der Waals surface area contributed by atoms with Gasteiger partial charge in [-0.05, 0) is 24.3 Å². The quantitative estimate of drug-likeness (QED) is 0.695. The molecule has 5 heteroatoms. The molecule has 0 aromatic heterocycles. The molecule has 0 bridgehead atoms. The van der Waals surface area contributed by atoms with Crippen LogP contribution in [0.5, 0.6) is 11.5 Å². The summed E-state index contributed by atoms with van der Waals surface area (Å²) < 4.78 is 10.4. The first-order valence-corrected chi connectivity index (χ1v) is 5.86. The number of nitrogens with zero attached hydrogens (tertiary/aromatic N) is 1. The lowest BCUT2D eigenvalue weighted by Gasteiger charge is -2.07. The number of methoxy groups -OCH3 is 2. The Morgan fingerprint density at radius 2 is 1.75 bits per heavy atom. The fraction of sp³-hybridized carbons (Fsp3) is 0.133. The number of halogens is 1. The third kappa shape index (κ3) is 3.65. The molecule has 0 atom stereocenters. The summed E-state index contributed by atoms with van der Waals surface area (Å²) in [6, 6.07) is 14.9. The van der Waals surface area contributed by atoms with Gasteiger partial charge >= 0.3 is 0 Å². The van der Waals surface area contributed by atoms with E-state index >= 15 is 0 Å². The lowest BCUT2D eigenvalue weighted by molar-refractivity contribution is 0.414. The highest BCUT2D eigenvalue weighted by molar-refractivity contribution is 6.01. The van der Waals surface area contributed by atoms with E-state index in [4.69, 9.17) is 15.2 Å². The summed E-state index contributed by atoms with van der Waals surface area (Å²) in [7, 11) is 3.23. The average Bonchev–Trinajstić information content (AvgIpc) is 2.47. The molecule has 0 unspecified atom stereocenters. The number of ether oxygens (including phenoxy) is 2. The van der Waals surface area contributed by atoms with Gasteiger partial charge in [-0.2, -0.15) is 0 Å². The third-order valence-electron chi connectivity index (χ3n) is 2.69. The van der Waals surface area contributed by atoms with Gasteiger partial charge in [-0.25, -0.2) is 4.99 Å². The summed E-state index contributed by atoms with van der Waals surface area (Å²) >= 11 is 0. The Morgan fingerprint density at radius 3 is 2.45 bits per heavy atom. The zero-order valence-electron chi connectivity index (χ0n) is 11.4. The molecule has 2 rings (SSSR count). The van der Waals surface area contributed by atoms with Crippen molar-refractivity contribution >= 4 is 23.9 Å². The molecule has 0 saturated heterocycles. The van der Waals surface area contributed by atoms with Crippen molar-refractivity contribution in [1.29, 1.82) is 0 Å². The minimum atomic E-state index is 0. The van der Waals surface area contributed by atoms with E-state index in [0.717, 1.165) is 17.0 Å². The largest absolute Gasteiger partial charge is 0.497 e. The van der Waals surface area contributed by atoms with E-state index in [-0.39, 0.29) is 12.4 Å². The average molecular weight is 293 g/mol. The van der Waals surface area contributed by atoms with E-state index in [9.17, 15) is 0 Å². The summed E-state index contributed by atoms with van der Waals surface area (Å²) in [6.45, 7) is 0. The van der Waals surface area contributed by atoms with Crippen LogP contribution in [-0.2, 0) is 0 Å². The normalized spacial score (nSPS) is 10.6. The van der Waals surface area contributed by atoms with E-state index in [1.165, 1.54) is 0 Å². The van der Waals surface area contributed by atoms with Gasteiger partial charge in [0.05, 0.1) is 25.5 Å². The van der Waals surface area contributed by atoms with Gasteiger partial charge in [0.1, 0.15) is 17.3 Å². The summed E-state index contributed by atoms with van der Waals surface area (Å²) in [6.07, 6.45) is 0. The number of hydrogen-bond donors (Lipinski definition) is 1. The van der Waals surface area contributed by atoms with Crippen molar-refractivity contribution in [2.45, 2.75) is 0 Å². The predicted molar refractivity (Wildman–Crippen MR) is 83.6 cm³/mol. The van der Waals surface area contributed by atoms with Crippen LogP contribution in [0, 0.1) is 0 Å². The number of amidine groups is 1. The van der Waals surface area contributed by atoms with Gasteiger partial charge in [0, 0.05) is 6.07 Å². The van der Waals surface area contributed by atoms with Crippen LogP contribution in [0.25, 0.3) is 0 Å². The van der Waals surface area contributed by atoms with Gasteiger partial charge in [0.15, 0.2) is 0 Å². The van der Waals surface area contributed by atoms with Crippen molar-refractivity contribution < 1.29 is 9.47 Å². The van der Waals surface area contributed by atoms with Crippen LogP contribution in [0.4, 0.5) is 5.69 Å². The number of rotatable bonds is 4. The molecule has 0 aliphatic heterocycles. The first kappa shape index (κ1) is 15.9.